The Labute approximate surface area is 223 Å². The molecule has 190 valence electrons. The highest BCUT2D eigenvalue weighted by Gasteiger charge is 2.25. The van der Waals surface area contributed by atoms with Crippen LogP contribution in [0.2, 0.25) is 10.0 Å². The fraction of sp³-hybridized carbons (Fsp3) is 0.179. The highest BCUT2D eigenvalue weighted by atomic mass is 35.5. The number of rotatable bonds is 7. The van der Waals surface area contributed by atoms with Crippen LogP contribution in [0.5, 0.6) is 5.75 Å². The highest BCUT2D eigenvalue weighted by molar-refractivity contribution is 6.39. The molecule has 0 aliphatic heterocycles. The Morgan fingerprint density at radius 1 is 0.973 bits per heavy atom. The smallest absolute Gasteiger partial charge is 0.328 e. The van der Waals surface area contributed by atoms with Gasteiger partial charge in [-0.3, -0.25) is 9.59 Å². The number of pyridine rings is 1. The first kappa shape index (κ1) is 26.3. The topological polar surface area (TPSA) is 86.6 Å². The van der Waals surface area contributed by atoms with Gasteiger partial charge in [0.2, 0.25) is 0 Å². The van der Waals surface area contributed by atoms with Gasteiger partial charge in [-0.1, -0.05) is 53.5 Å². The minimum atomic E-state index is -0.975. The fourth-order valence-corrected chi connectivity index (χ4v) is 4.70. The second-order valence-electron chi connectivity index (χ2n) is 8.39. The van der Waals surface area contributed by atoms with Crippen molar-refractivity contribution in [2.75, 3.05) is 14.2 Å². The van der Waals surface area contributed by atoms with E-state index in [4.69, 9.17) is 32.7 Å². The summed E-state index contributed by atoms with van der Waals surface area (Å²) in [4.78, 5) is 38.3. The van der Waals surface area contributed by atoms with Gasteiger partial charge in [-0.05, 0) is 47.5 Å². The van der Waals surface area contributed by atoms with Crippen molar-refractivity contribution in [2.45, 2.75) is 12.5 Å². The number of ether oxygens (including phenoxy) is 2. The molecular formula is C28H24Cl2N2O5. The normalized spacial score (nSPS) is 11.7. The van der Waals surface area contributed by atoms with Crippen LogP contribution in [0.15, 0.2) is 71.5 Å². The maximum absolute atomic E-state index is 13.0. The molecule has 0 saturated carbocycles. The lowest BCUT2D eigenvalue weighted by atomic mass is 10.00. The molecule has 0 radical (unpaired) electrons. The first-order valence-electron chi connectivity index (χ1n) is 11.3. The van der Waals surface area contributed by atoms with Crippen LogP contribution in [0.1, 0.15) is 15.9 Å². The maximum Gasteiger partial charge on any atom is 0.328 e. The quantitative estimate of drug-likeness (QED) is 0.333. The highest BCUT2D eigenvalue weighted by Crippen LogP contribution is 2.26. The van der Waals surface area contributed by atoms with E-state index < -0.39 is 17.9 Å². The van der Waals surface area contributed by atoms with Gasteiger partial charge in [0.25, 0.3) is 11.5 Å². The molecule has 7 nitrogen and oxygen atoms in total. The van der Waals surface area contributed by atoms with Crippen molar-refractivity contribution in [1.29, 1.82) is 0 Å². The van der Waals surface area contributed by atoms with E-state index in [1.54, 1.807) is 61.2 Å². The summed E-state index contributed by atoms with van der Waals surface area (Å²) >= 11 is 12.3. The summed E-state index contributed by atoms with van der Waals surface area (Å²) < 4.78 is 11.8. The lowest BCUT2D eigenvalue weighted by molar-refractivity contribution is -0.142. The van der Waals surface area contributed by atoms with Crippen molar-refractivity contribution in [3.63, 3.8) is 0 Å². The molecule has 9 heteroatoms. The predicted octanol–water partition coefficient (Wildman–Crippen LogP) is 5.04. The first-order valence-corrected chi connectivity index (χ1v) is 12.1. The van der Waals surface area contributed by atoms with Crippen LogP contribution in [0.3, 0.4) is 0 Å². The van der Waals surface area contributed by atoms with Crippen LogP contribution in [-0.2, 0) is 23.0 Å². The minimum Gasteiger partial charge on any atom is -0.497 e. The zero-order valence-electron chi connectivity index (χ0n) is 20.4. The molecule has 0 fully saturated rings. The molecule has 1 heterocycles. The van der Waals surface area contributed by atoms with Gasteiger partial charge in [-0.2, -0.15) is 0 Å². The lowest BCUT2D eigenvalue weighted by Gasteiger charge is -2.18. The summed E-state index contributed by atoms with van der Waals surface area (Å²) in [5, 5.41) is 3.88. The maximum atomic E-state index is 13.0. The number of fused-ring (bicyclic) bond motifs is 1. The molecule has 0 aliphatic carbocycles. The zero-order valence-corrected chi connectivity index (χ0v) is 21.9. The van der Waals surface area contributed by atoms with Crippen LogP contribution < -0.4 is 15.6 Å². The molecule has 4 rings (SSSR count). The van der Waals surface area contributed by atoms with Crippen LogP contribution in [0.25, 0.3) is 22.0 Å². The molecule has 0 bridgehead atoms. The Morgan fingerprint density at radius 2 is 1.65 bits per heavy atom. The summed E-state index contributed by atoms with van der Waals surface area (Å²) in [5.41, 5.74) is 2.74. The molecule has 1 N–H and O–H groups in total. The number of carbonyl (C=O) groups excluding carboxylic acids is 2. The van der Waals surface area contributed by atoms with Crippen molar-refractivity contribution < 1.29 is 19.1 Å². The number of amides is 1. The number of esters is 1. The second-order valence-corrected chi connectivity index (χ2v) is 9.21. The molecule has 37 heavy (non-hydrogen) atoms. The number of methoxy groups -OCH3 is 2. The molecule has 0 unspecified atom stereocenters. The number of aryl methyl sites for hydroxylation is 1. The molecule has 1 amide bonds. The standard InChI is InChI=1S/C28H24Cl2N2O5/c1-32-24-12-11-19(36-2)14-18(24)15-20(27(32)34)17-9-7-16(8-10-17)13-23(28(35)37-3)31-26(33)25-21(29)5-4-6-22(25)30/h4-12,14-15,23H,13H2,1-3H3,(H,31,33)/t23-/m0/s1. The Balaban J connectivity index is 1.60. The van der Waals surface area contributed by atoms with Crippen LogP contribution in [0, 0.1) is 0 Å². The average molecular weight is 539 g/mol. The monoisotopic (exact) mass is 538 g/mol. The van der Waals surface area contributed by atoms with Crippen molar-refractivity contribution in [3.05, 3.63) is 98.3 Å². The van der Waals surface area contributed by atoms with E-state index >= 15 is 0 Å². The summed E-state index contributed by atoms with van der Waals surface area (Å²) in [6.07, 6.45) is 0.160. The summed E-state index contributed by atoms with van der Waals surface area (Å²) in [6.45, 7) is 0. The molecular weight excluding hydrogens is 515 g/mol. The van der Waals surface area contributed by atoms with Gasteiger partial charge in [0.1, 0.15) is 11.8 Å². The third kappa shape index (κ3) is 5.48. The Kier molecular flexibility index (Phi) is 7.86. The summed E-state index contributed by atoms with van der Waals surface area (Å²) in [5.74, 6) is -0.503. The van der Waals surface area contributed by atoms with Crippen molar-refractivity contribution >= 4 is 46.0 Å². The predicted molar refractivity (Wildman–Crippen MR) is 145 cm³/mol. The summed E-state index contributed by atoms with van der Waals surface area (Å²) in [7, 11) is 4.57. The number of hydrogen-bond acceptors (Lipinski definition) is 5. The second kappa shape index (κ2) is 11.1. The molecule has 1 atom stereocenters. The van der Waals surface area contributed by atoms with E-state index in [2.05, 4.69) is 5.32 Å². The number of halogens is 2. The van der Waals surface area contributed by atoms with Crippen LogP contribution >= 0.6 is 23.2 Å². The van der Waals surface area contributed by atoms with Crippen LogP contribution in [0.4, 0.5) is 0 Å². The fourth-order valence-electron chi connectivity index (χ4n) is 4.13. The third-order valence-corrected chi connectivity index (χ3v) is 6.75. The number of nitrogens with zero attached hydrogens (tertiary/aromatic N) is 1. The average Bonchev–Trinajstić information content (AvgIpc) is 2.90. The summed E-state index contributed by atoms with van der Waals surface area (Å²) in [6, 6.07) is 18.3. The lowest BCUT2D eigenvalue weighted by Crippen LogP contribution is -2.43. The van der Waals surface area contributed by atoms with E-state index in [9.17, 15) is 14.4 Å². The molecule has 0 saturated heterocycles. The number of aromatic nitrogens is 1. The Morgan fingerprint density at radius 3 is 2.27 bits per heavy atom. The van der Waals surface area contributed by atoms with Crippen LogP contribution in [-0.4, -0.2) is 36.7 Å². The number of nitrogens with one attached hydrogen (secondary N) is 1. The van der Waals surface area contributed by atoms with Gasteiger partial charge >= 0.3 is 5.97 Å². The Bertz CT molecular complexity index is 1530. The van der Waals surface area contributed by atoms with Gasteiger partial charge in [0, 0.05) is 24.4 Å². The van der Waals surface area contributed by atoms with Gasteiger partial charge < -0.3 is 19.4 Å². The van der Waals surface area contributed by atoms with Crippen molar-refractivity contribution in [2.24, 2.45) is 7.05 Å². The SMILES string of the molecule is COC(=O)[C@H](Cc1ccc(-c2cc3cc(OC)ccc3n(C)c2=O)cc1)NC(=O)c1c(Cl)cccc1Cl. The Hall–Kier alpha value is -3.81. The van der Waals surface area contributed by atoms with Crippen molar-refractivity contribution in [3.8, 4) is 16.9 Å². The first-order chi connectivity index (χ1) is 17.7. The minimum absolute atomic E-state index is 0.0823. The molecule has 4 aromatic rings. The van der Waals surface area contributed by atoms with Gasteiger partial charge in [-0.15, -0.1) is 0 Å². The molecule has 0 spiro atoms. The van der Waals surface area contributed by atoms with E-state index in [1.165, 1.54) is 7.11 Å². The largest absolute Gasteiger partial charge is 0.497 e. The molecule has 1 aromatic heterocycles. The van der Waals surface area contributed by atoms with Gasteiger partial charge in [0.05, 0.1) is 35.3 Å². The van der Waals surface area contributed by atoms with Gasteiger partial charge in [-0.25, -0.2) is 4.79 Å². The van der Waals surface area contributed by atoms with E-state index in [0.717, 1.165) is 22.0 Å². The zero-order chi connectivity index (χ0) is 26.7. The van der Waals surface area contributed by atoms with E-state index in [1.807, 2.05) is 24.3 Å². The molecule has 0 aliphatic rings. The number of hydrogen-bond donors (Lipinski definition) is 1. The van der Waals surface area contributed by atoms with E-state index in [-0.39, 0.29) is 27.6 Å². The van der Waals surface area contributed by atoms with Crippen molar-refractivity contribution in [1.82, 2.24) is 9.88 Å². The molecule has 3 aromatic carbocycles. The van der Waals surface area contributed by atoms with Gasteiger partial charge in [0.15, 0.2) is 0 Å². The number of benzene rings is 3. The third-order valence-electron chi connectivity index (χ3n) is 6.12. The number of carbonyl (C=O) groups is 2. The van der Waals surface area contributed by atoms with E-state index in [0.29, 0.717) is 11.3 Å².